The molecule has 7 heteroatoms. The van der Waals surface area contributed by atoms with Crippen molar-refractivity contribution in [2.45, 2.75) is 18.3 Å². The number of carbonyl (C=O) groups is 1. The molecule has 0 bridgehead atoms. The Labute approximate surface area is 111 Å². The SMILES string of the molecule is CC(C(O)c1ccc2c(c1)NC(=O)CO2)S(C)(=O)=O. The number of anilines is 1. The van der Waals surface area contributed by atoms with E-state index in [1.54, 1.807) is 12.1 Å². The highest BCUT2D eigenvalue weighted by molar-refractivity contribution is 7.91. The van der Waals surface area contributed by atoms with E-state index in [0.717, 1.165) is 6.26 Å². The summed E-state index contributed by atoms with van der Waals surface area (Å²) >= 11 is 0. The smallest absolute Gasteiger partial charge is 0.262 e. The third-order valence-electron chi connectivity index (χ3n) is 3.10. The van der Waals surface area contributed by atoms with Gasteiger partial charge in [0.05, 0.1) is 17.0 Å². The number of hydrogen-bond acceptors (Lipinski definition) is 5. The second-order valence-corrected chi connectivity index (χ2v) is 6.97. The lowest BCUT2D eigenvalue weighted by molar-refractivity contribution is -0.118. The van der Waals surface area contributed by atoms with Crippen molar-refractivity contribution in [2.75, 3.05) is 18.2 Å². The van der Waals surface area contributed by atoms with Gasteiger partial charge in [-0.15, -0.1) is 0 Å². The van der Waals surface area contributed by atoms with Crippen molar-refractivity contribution in [3.8, 4) is 5.75 Å². The van der Waals surface area contributed by atoms with E-state index in [1.165, 1.54) is 13.0 Å². The van der Waals surface area contributed by atoms with Crippen LogP contribution < -0.4 is 10.1 Å². The van der Waals surface area contributed by atoms with Gasteiger partial charge in [0.2, 0.25) is 0 Å². The van der Waals surface area contributed by atoms with E-state index < -0.39 is 21.2 Å². The molecule has 2 unspecified atom stereocenters. The van der Waals surface area contributed by atoms with Gasteiger partial charge in [0.25, 0.3) is 5.91 Å². The minimum Gasteiger partial charge on any atom is -0.482 e. The lowest BCUT2D eigenvalue weighted by Gasteiger charge is -2.22. The summed E-state index contributed by atoms with van der Waals surface area (Å²) in [6.45, 7) is 1.39. The molecule has 6 nitrogen and oxygen atoms in total. The molecule has 0 radical (unpaired) electrons. The molecule has 104 valence electrons. The molecule has 0 saturated heterocycles. The Hall–Kier alpha value is -1.60. The quantitative estimate of drug-likeness (QED) is 0.843. The molecule has 19 heavy (non-hydrogen) atoms. The fourth-order valence-corrected chi connectivity index (χ4v) is 2.42. The molecule has 0 saturated carbocycles. The number of ether oxygens (including phenoxy) is 1. The molecule has 2 rings (SSSR count). The second-order valence-electron chi connectivity index (χ2n) is 4.57. The summed E-state index contributed by atoms with van der Waals surface area (Å²) in [4.78, 5) is 11.2. The standard InChI is InChI=1S/C12H15NO5S/c1-7(19(2,16)17)12(15)8-3-4-10-9(5-8)13-11(14)6-18-10/h3-5,7,12,15H,6H2,1-2H3,(H,13,14). The lowest BCUT2D eigenvalue weighted by Crippen LogP contribution is -2.27. The predicted molar refractivity (Wildman–Crippen MR) is 69.8 cm³/mol. The monoisotopic (exact) mass is 285 g/mol. The zero-order valence-corrected chi connectivity index (χ0v) is 11.4. The lowest BCUT2D eigenvalue weighted by atomic mass is 10.1. The summed E-state index contributed by atoms with van der Waals surface area (Å²) in [6.07, 6.45) is -0.0800. The molecular formula is C12H15NO5S. The molecule has 1 aromatic carbocycles. The van der Waals surface area contributed by atoms with E-state index >= 15 is 0 Å². The maximum absolute atomic E-state index is 11.4. The Morgan fingerprint density at radius 1 is 1.42 bits per heavy atom. The first-order valence-corrected chi connectivity index (χ1v) is 7.68. The molecule has 1 aliphatic heterocycles. The van der Waals surface area contributed by atoms with Crippen LogP contribution in [0.2, 0.25) is 0 Å². The van der Waals surface area contributed by atoms with Crippen LogP contribution in [0, 0.1) is 0 Å². The number of sulfone groups is 1. The van der Waals surface area contributed by atoms with E-state index in [0.29, 0.717) is 17.0 Å². The summed E-state index contributed by atoms with van der Waals surface area (Å²) < 4.78 is 28.1. The second kappa shape index (κ2) is 4.82. The number of aliphatic hydroxyl groups excluding tert-OH is 1. The van der Waals surface area contributed by atoms with Crippen LogP contribution >= 0.6 is 0 Å². The van der Waals surface area contributed by atoms with Crippen molar-refractivity contribution in [2.24, 2.45) is 0 Å². The summed E-state index contributed by atoms with van der Waals surface area (Å²) in [6, 6.07) is 4.71. The summed E-state index contributed by atoms with van der Waals surface area (Å²) in [5, 5.41) is 11.7. The van der Waals surface area contributed by atoms with Crippen LogP contribution in [0.1, 0.15) is 18.6 Å². The fraction of sp³-hybridized carbons (Fsp3) is 0.417. The van der Waals surface area contributed by atoms with Crippen LogP contribution in [0.15, 0.2) is 18.2 Å². The molecule has 0 aliphatic carbocycles. The largest absolute Gasteiger partial charge is 0.482 e. The highest BCUT2D eigenvalue weighted by atomic mass is 32.2. The zero-order valence-electron chi connectivity index (χ0n) is 10.6. The van der Waals surface area contributed by atoms with Gasteiger partial charge >= 0.3 is 0 Å². The molecule has 0 aromatic heterocycles. The van der Waals surface area contributed by atoms with Gasteiger partial charge in [-0.2, -0.15) is 0 Å². The van der Waals surface area contributed by atoms with Crippen LogP contribution in [0.5, 0.6) is 5.75 Å². The van der Waals surface area contributed by atoms with E-state index in [-0.39, 0.29) is 12.5 Å². The van der Waals surface area contributed by atoms with Crippen molar-refractivity contribution in [1.29, 1.82) is 0 Å². The minimum atomic E-state index is -3.35. The molecule has 1 amide bonds. The van der Waals surface area contributed by atoms with Crippen LogP contribution in [0.3, 0.4) is 0 Å². The van der Waals surface area contributed by atoms with Gasteiger partial charge in [-0.25, -0.2) is 8.42 Å². The Bertz CT molecular complexity index is 611. The molecule has 2 atom stereocenters. The first-order valence-electron chi connectivity index (χ1n) is 5.72. The number of hydrogen-bond donors (Lipinski definition) is 2. The van der Waals surface area contributed by atoms with Crippen molar-refractivity contribution >= 4 is 21.4 Å². The maximum Gasteiger partial charge on any atom is 0.262 e. The number of carbonyl (C=O) groups excluding carboxylic acids is 1. The van der Waals surface area contributed by atoms with Gasteiger partial charge < -0.3 is 15.2 Å². The third-order valence-corrected chi connectivity index (χ3v) is 4.71. The maximum atomic E-state index is 11.4. The predicted octanol–water partition coefficient (Wildman–Crippen LogP) is 0.484. The van der Waals surface area contributed by atoms with Crippen molar-refractivity contribution in [3.63, 3.8) is 0 Å². The van der Waals surface area contributed by atoms with Gasteiger partial charge in [0.1, 0.15) is 5.75 Å². The molecule has 2 N–H and O–H groups in total. The van der Waals surface area contributed by atoms with Crippen molar-refractivity contribution < 1.29 is 23.1 Å². The Kier molecular flexibility index (Phi) is 3.51. The molecule has 1 aromatic rings. The van der Waals surface area contributed by atoms with Gasteiger partial charge in [0, 0.05) is 6.26 Å². The van der Waals surface area contributed by atoms with E-state index in [9.17, 15) is 18.3 Å². The summed E-state index contributed by atoms with van der Waals surface area (Å²) in [5.41, 5.74) is 0.857. The minimum absolute atomic E-state index is 0.0470. The molecular weight excluding hydrogens is 270 g/mol. The number of fused-ring (bicyclic) bond motifs is 1. The fourth-order valence-electron chi connectivity index (χ4n) is 1.79. The summed E-state index contributed by atoms with van der Waals surface area (Å²) in [7, 11) is -3.35. The van der Waals surface area contributed by atoms with Crippen LogP contribution in [-0.2, 0) is 14.6 Å². The average Bonchev–Trinajstić information content (AvgIpc) is 2.35. The van der Waals surface area contributed by atoms with Crippen LogP contribution in [0.4, 0.5) is 5.69 Å². The third kappa shape index (κ3) is 2.87. The van der Waals surface area contributed by atoms with E-state index in [4.69, 9.17) is 4.74 Å². The van der Waals surface area contributed by atoms with Gasteiger partial charge in [-0.1, -0.05) is 6.07 Å². The van der Waals surface area contributed by atoms with Crippen molar-refractivity contribution in [3.05, 3.63) is 23.8 Å². The number of amides is 1. The van der Waals surface area contributed by atoms with Gasteiger partial charge in [-0.05, 0) is 24.6 Å². The molecule has 0 spiro atoms. The Morgan fingerprint density at radius 2 is 2.11 bits per heavy atom. The molecule has 0 fully saturated rings. The number of nitrogens with one attached hydrogen (secondary N) is 1. The zero-order chi connectivity index (χ0) is 14.2. The van der Waals surface area contributed by atoms with Crippen LogP contribution in [-0.4, -0.2) is 37.5 Å². The van der Waals surface area contributed by atoms with Gasteiger partial charge in [-0.3, -0.25) is 4.79 Å². The number of aliphatic hydroxyl groups is 1. The first kappa shape index (κ1) is 13.8. The topological polar surface area (TPSA) is 92.7 Å². The molecule has 1 aliphatic rings. The highest BCUT2D eigenvalue weighted by Crippen LogP contribution is 2.32. The first-order chi connectivity index (χ1) is 8.79. The Morgan fingerprint density at radius 3 is 2.74 bits per heavy atom. The van der Waals surface area contributed by atoms with E-state index in [1.807, 2.05) is 0 Å². The van der Waals surface area contributed by atoms with E-state index in [2.05, 4.69) is 5.32 Å². The average molecular weight is 285 g/mol. The summed E-state index contributed by atoms with van der Waals surface area (Å²) in [5.74, 6) is 0.220. The number of benzene rings is 1. The van der Waals surface area contributed by atoms with Crippen LogP contribution in [0.25, 0.3) is 0 Å². The van der Waals surface area contributed by atoms with Crippen molar-refractivity contribution in [1.82, 2.24) is 0 Å². The highest BCUT2D eigenvalue weighted by Gasteiger charge is 2.27. The normalized spacial score (nSPS) is 17.9. The molecule has 1 heterocycles. The number of rotatable bonds is 3. The van der Waals surface area contributed by atoms with Gasteiger partial charge in [0.15, 0.2) is 16.4 Å². The Balaban J connectivity index is 2.32.